The molecule has 1 aromatic heterocycles. The smallest absolute Gasteiger partial charge is 0.238 e. The Morgan fingerprint density at radius 2 is 1.93 bits per heavy atom. The Bertz CT molecular complexity index is 833. The third-order valence-electron chi connectivity index (χ3n) is 3.99. The van der Waals surface area contributed by atoms with Gasteiger partial charge in [0, 0.05) is 36.6 Å². The molecule has 1 N–H and O–H groups in total. The molecule has 1 heterocycles. The van der Waals surface area contributed by atoms with Crippen LogP contribution in [0, 0.1) is 11.6 Å². The van der Waals surface area contributed by atoms with Gasteiger partial charge in [-0.2, -0.15) is 0 Å². The van der Waals surface area contributed by atoms with Gasteiger partial charge in [0.05, 0.1) is 12.2 Å². The number of carbonyl (C=O) groups excluding carboxylic acids is 2. The molecule has 144 valence electrons. The second kappa shape index (κ2) is 8.10. The predicted molar refractivity (Wildman–Crippen MR) is 99.6 cm³/mol. The summed E-state index contributed by atoms with van der Waals surface area (Å²) in [5.41, 5.74) is 0.831. The molecule has 2 aromatic rings. The molecule has 0 radical (unpaired) electrons. The SMILES string of the molecule is CC(=O)N(c1nc(CN(C)CC(=O)Nc2cc(F)cc(F)c2)cs1)C1CC1. The van der Waals surface area contributed by atoms with E-state index in [1.807, 2.05) is 5.38 Å². The third-order valence-corrected chi connectivity index (χ3v) is 4.88. The minimum Gasteiger partial charge on any atom is -0.325 e. The number of nitrogens with one attached hydrogen (secondary N) is 1. The van der Waals surface area contributed by atoms with Crippen LogP contribution in [0.2, 0.25) is 0 Å². The number of benzene rings is 1. The van der Waals surface area contributed by atoms with Crippen LogP contribution in [0.15, 0.2) is 23.6 Å². The lowest BCUT2D eigenvalue weighted by molar-refractivity contribution is -0.117. The lowest BCUT2D eigenvalue weighted by Crippen LogP contribution is -2.31. The van der Waals surface area contributed by atoms with E-state index in [1.165, 1.54) is 18.3 Å². The van der Waals surface area contributed by atoms with E-state index in [4.69, 9.17) is 0 Å². The molecule has 0 aliphatic heterocycles. The average molecular weight is 394 g/mol. The molecule has 3 rings (SSSR count). The van der Waals surface area contributed by atoms with Crippen LogP contribution in [0.25, 0.3) is 0 Å². The van der Waals surface area contributed by atoms with Crippen molar-refractivity contribution >= 4 is 34.0 Å². The third kappa shape index (κ3) is 5.30. The van der Waals surface area contributed by atoms with Crippen molar-refractivity contribution in [2.75, 3.05) is 23.8 Å². The second-order valence-corrected chi connectivity index (χ2v) is 7.46. The molecule has 0 spiro atoms. The van der Waals surface area contributed by atoms with Gasteiger partial charge >= 0.3 is 0 Å². The van der Waals surface area contributed by atoms with Crippen molar-refractivity contribution in [3.05, 3.63) is 40.9 Å². The average Bonchev–Trinajstić information content (AvgIpc) is 3.25. The van der Waals surface area contributed by atoms with Gasteiger partial charge < -0.3 is 5.32 Å². The molecule has 1 aliphatic rings. The first-order valence-electron chi connectivity index (χ1n) is 8.50. The molecule has 27 heavy (non-hydrogen) atoms. The van der Waals surface area contributed by atoms with E-state index in [2.05, 4.69) is 10.3 Å². The highest BCUT2D eigenvalue weighted by Gasteiger charge is 2.33. The molecular weight excluding hydrogens is 374 g/mol. The monoisotopic (exact) mass is 394 g/mol. The largest absolute Gasteiger partial charge is 0.325 e. The molecule has 0 atom stereocenters. The molecule has 2 amide bonds. The van der Waals surface area contributed by atoms with E-state index >= 15 is 0 Å². The van der Waals surface area contributed by atoms with E-state index in [0.29, 0.717) is 11.7 Å². The summed E-state index contributed by atoms with van der Waals surface area (Å²) in [6, 6.07) is 3.11. The number of carbonyl (C=O) groups is 2. The minimum absolute atomic E-state index is 0.0199. The van der Waals surface area contributed by atoms with Crippen molar-refractivity contribution in [3.8, 4) is 0 Å². The molecule has 1 aromatic carbocycles. The van der Waals surface area contributed by atoms with Gasteiger partial charge in [-0.25, -0.2) is 13.8 Å². The normalized spacial score (nSPS) is 13.7. The van der Waals surface area contributed by atoms with E-state index in [-0.39, 0.29) is 30.1 Å². The summed E-state index contributed by atoms with van der Waals surface area (Å²) >= 11 is 1.40. The number of rotatable bonds is 7. The molecule has 1 aliphatic carbocycles. The summed E-state index contributed by atoms with van der Waals surface area (Å²) in [6.07, 6.45) is 1.99. The van der Waals surface area contributed by atoms with Crippen molar-refractivity contribution < 1.29 is 18.4 Å². The van der Waals surface area contributed by atoms with Gasteiger partial charge in [0.15, 0.2) is 5.13 Å². The molecule has 1 fully saturated rings. The zero-order valence-corrected chi connectivity index (χ0v) is 15.9. The van der Waals surface area contributed by atoms with Crippen molar-refractivity contribution in [2.45, 2.75) is 32.4 Å². The fraction of sp³-hybridized carbons (Fsp3) is 0.389. The van der Waals surface area contributed by atoms with Gasteiger partial charge in [-0.1, -0.05) is 0 Å². The predicted octanol–water partition coefficient (Wildman–Crippen LogP) is 3.01. The summed E-state index contributed by atoms with van der Waals surface area (Å²) in [5, 5.41) is 5.01. The van der Waals surface area contributed by atoms with Crippen LogP contribution in [0.4, 0.5) is 19.6 Å². The number of aromatic nitrogens is 1. The summed E-state index contributed by atoms with van der Waals surface area (Å²) in [6.45, 7) is 1.98. The highest BCUT2D eigenvalue weighted by atomic mass is 32.1. The fourth-order valence-corrected chi connectivity index (χ4v) is 3.69. The topological polar surface area (TPSA) is 65.5 Å². The van der Waals surface area contributed by atoms with Crippen LogP contribution >= 0.6 is 11.3 Å². The molecule has 6 nitrogen and oxygen atoms in total. The number of hydrogen-bond donors (Lipinski definition) is 1. The Balaban J connectivity index is 1.55. The Labute approximate surface area is 159 Å². The number of anilines is 2. The summed E-state index contributed by atoms with van der Waals surface area (Å²) < 4.78 is 26.4. The Kier molecular flexibility index (Phi) is 5.81. The highest BCUT2D eigenvalue weighted by molar-refractivity contribution is 7.14. The Morgan fingerprint density at radius 3 is 2.52 bits per heavy atom. The van der Waals surface area contributed by atoms with Crippen LogP contribution in [-0.4, -0.2) is 41.3 Å². The van der Waals surface area contributed by atoms with E-state index in [1.54, 1.807) is 16.8 Å². The Morgan fingerprint density at radius 1 is 1.26 bits per heavy atom. The van der Waals surface area contributed by atoms with Gasteiger partial charge in [-0.05, 0) is 32.0 Å². The Hall–Kier alpha value is -2.39. The van der Waals surface area contributed by atoms with Crippen LogP contribution in [0.3, 0.4) is 0 Å². The summed E-state index contributed by atoms with van der Waals surface area (Å²) in [7, 11) is 1.74. The van der Waals surface area contributed by atoms with Gasteiger partial charge in [0.25, 0.3) is 0 Å². The van der Waals surface area contributed by atoms with Crippen LogP contribution in [0.1, 0.15) is 25.5 Å². The molecule has 0 bridgehead atoms. The van der Waals surface area contributed by atoms with Gasteiger partial charge in [-0.15, -0.1) is 11.3 Å². The molecule has 9 heteroatoms. The highest BCUT2D eigenvalue weighted by Crippen LogP contribution is 2.33. The number of thiazole rings is 1. The number of nitrogens with zero attached hydrogens (tertiary/aromatic N) is 3. The van der Waals surface area contributed by atoms with Crippen molar-refractivity contribution in [2.24, 2.45) is 0 Å². The van der Waals surface area contributed by atoms with Crippen molar-refractivity contribution in [1.82, 2.24) is 9.88 Å². The van der Waals surface area contributed by atoms with E-state index in [9.17, 15) is 18.4 Å². The molecule has 0 unspecified atom stereocenters. The summed E-state index contributed by atoms with van der Waals surface area (Å²) in [4.78, 5) is 31.8. The number of amides is 2. The zero-order valence-electron chi connectivity index (χ0n) is 15.0. The van der Waals surface area contributed by atoms with Crippen LogP contribution in [0.5, 0.6) is 0 Å². The standard InChI is InChI=1S/C18H20F2N4O2S/c1-11(25)24(16-3-4-16)18-22-15(10-27-18)8-23(2)9-17(26)21-14-6-12(19)5-13(20)7-14/h5-7,10,16H,3-4,8-9H2,1-2H3,(H,21,26). The van der Waals surface area contributed by atoms with Gasteiger partial charge in [0.1, 0.15) is 11.6 Å². The fourth-order valence-electron chi connectivity index (χ4n) is 2.76. The first-order chi connectivity index (χ1) is 12.8. The van der Waals surface area contributed by atoms with Gasteiger partial charge in [0.2, 0.25) is 11.8 Å². The molecular formula is C18H20F2N4O2S. The minimum atomic E-state index is -0.751. The number of hydrogen-bond acceptors (Lipinski definition) is 5. The quantitative estimate of drug-likeness (QED) is 0.784. The molecule has 0 saturated heterocycles. The van der Waals surface area contributed by atoms with Crippen LogP contribution in [-0.2, 0) is 16.1 Å². The lowest BCUT2D eigenvalue weighted by atomic mass is 10.3. The number of likely N-dealkylation sites (N-methyl/N-ethyl adjacent to an activating group) is 1. The number of halogens is 2. The zero-order chi connectivity index (χ0) is 19.6. The summed E-state index contributed by atoms with van der Waals surface area (Å²) in [5.74, 6) is -1.91. The lowest BCUT2D eigenvalue weighted by Gasteiger charge is -2.17. The van der Waals surface area contributed by atoms with Gasteiger partial charge in [-0.3, -0.25) is 19.4 Å². The second-order valence-electron chi connectivity index (χ2n) is 6.62. The van der Waals surface area contributed by atoms with Crippen molar-refractivity contribution in [3.63, 3.8) is 0 Å². The first-order valence-corrected chi connectivity index (χ1v) is 9.38. The molecule has 1 saturated carbocycles. The maximum absolute atomic E-state index is 13.2. The van der Waals surface area contributed by atoms with Crippen molar-refractivity contribution in [1.29, 1.82) is 0 Å². The maximum atomic E-state index is 13.2. The van der Waals surface area contributed by atoms with E-state index < -0.39 is 11.6 Å². The first kappa shape index (κ1) is 19.4. The van der Waals surface area contributed by atoms with E-state index in [0.717, 1.165) is 36.7 Å². The van der Waals surface area contributed by atoms with Crippen LogP contribution < -0.4 is 10.2 Å². The maximum Gasteiger partial charge on any atom is 0.238 e.